The molecule has 2 aromatic rings. The van der Waals surface area contributed by atoms with Gasteiger partial charge in [0.25, 0.3) is 0 Å². The molecule has 0 saturated carbocycles. The van der Waals surface area contributed by atoms with Crippen LogP contribution in [0.4, 0.5) is 13.2 Å². The van der Waals surface area contributed by atoms with Crippen LogP contribution in [-0.4, -0.2) is 26.6 Å². The van der Waals surface area contributed by atoms with E-state index in [9.17, 15) is 13.2 Å². The second-order valence-electron chi connectivity index (χ2n) is 3.66. The van der Waals surface area contributed by atoms with Gasteiger partial charge in [-0.3, -0.25) is 0 Å². The Hall–Kier alpha value is -1.01. The maximum absolute atomic E-state index is 12.5. The minimum Gasteiger partial charge on any atom is -0.303 e. The van der Waals surface area contributed by atoms with E-state index >= 15 is 0 Å². The summed E-state index contributed by atoms with van der Waals surface area (Å²) in [6.45, 7) is -1.13. The second kappa shape index (κ2) is 4.93. The Morgan fingerprint density at radius 1 is 1.33 bits per heavy atom. The predicted molar refractivity (Wildman–Crippen MR) is 63.0 cm³/mol. The molecule has 0 saturated heterocycles. The summed E-state index contributed by atoms with van der Waals surface area (Å²) in [5, 5.41) is 0.330. The number of imidazole rings is 1. The summed E-state index contributed by atoms with van der Waals surface area (Å²) >= 11 is 11.3. The first kappa shape index (κ1) is 13.4. The molecule has 18 heavy (non-hydrogen) atoms. The highest BCUT2D eigenvalue weighted by Gasteiger charge is 2.30. The Morgan fingerprint density at radius 3 is 2.67 bits per heavy atom. The van der Waals surface area contributed by atoms with Gasteiger partial charge in [0, 0.05) is 18.5 Å². The fourth-order valence-electron chi connectivity index (χ4n) is 1.65. The number of hydrogen-bond donors (Lipinski definition) is 0. The maximum Gasteiger partial charge on any atom is 0.406 e. The standard InChI is InChI=1S/C10H8Cl2F3N3/c11-2-1-8-17-7-3-6(12)4-16-9(7)18(8)5-10(13,14)15/h3-4H,1-2,5H2. The summed E-state index contributed by atoms with van der Waals surface area (Å²) in [6, 6.07) is 1.48. The smallest absolute Gasteiger partial charge is 0.303 e. The summed E-state index contributed by atoms with van der Waals surface area (Å²) in [5.41, 5.74) is 0.503. The van der Waals surface area contributed by atoms with Crippen LogP contribution in [-0.2, 0) is 13.0 Å². The van der Waals surface area contributed by atoms with Crippen LogP contribution < -0.4 is 0 Å². The van der Waals surface area contributed by atoms with Gasteiger partial charge in [0.15, 0.2) is 5.65 Å². The van der Waals surface area contributed by atoms with Crippen LogP contribution in [0, 0.1) is 0 Å². The molecule has 0 aliphatic heterocycles. The second-order valence-corrected chi connectivity index (χ2v) is 4.48. The molecule has 0 aromatic carbocycles. The lowest BCUT2D eigenvalue weighted by molar-refractivity contribution is -0.140. The number of alkyl halides is 4. The Labute approximate surface area is 111 Å². The van der Waals surface area contributed by atoms with Crippen LogP contribution in [0.2, 0.25) is 5.02 Å². The summed E-state index contributed by atoms with van der Waals surface area (Å²) in [6.07, 6.45) is -2.80. The van der Waals surface area contributed by atoms with E-state index in [2.05, 4.69) is 9.97 Å². The van der Waals surface area contributed by atoms with Crippen LogP contribution in [0.1, 0.15) is 5.82 Å². The number of rotatable bonds is 3. The van der Waals surface area contributed by atoms with Gasteiger partial charge < -0.3 is 4.57 Å². The van der Waals surface area contributed by atoms with Gasteiger partial charge in [-0.25, -0.2) is 9.97 Å². The fourth-order valence-corrected chi connectivity index (χ4v) is 1.98. The Kier molecular flexibility index (Phi) is 3.68. The van der Waals surface area contributed by atoms with E-state index in [1.165, 1.54) is 12.3 Å². The van der Waals surface area contributed by atoms with E-state index < -0.39 is 12.7 Å². The van der Waals surface area contributed by atoms with E-state index in [0.717, 1.165) is 4.57 Å². The lowest BCUT2D eigenvalue weighted by Gasteiger charge is -2.10. The minimum absolute atomic E-state index is 0.164. The molecule has 3 nitrogen and oxygen atoms in total. The molecule has 2 rings (SSSR count). The summed E-state index contributed by atoms with van der Waals surface area (Å²) in [7, 11) is 0. The summed E-state index contributed by atoms with van der Waals surface area (Å²) in [4.78, 5) is 7.97. The van der Waals surface area contributed by atoms with Crippen LogP contribution >= 0.6 is 23.2 Å². The monoisotopic (exact) mass is 297 g/mol. The predicted octanol–water partition coefficient (Wildman–Crippen LogP) is 3.43. The molecule has 0 atom stereocenters. The van der Waals surface area contributed by atoms with Gasteiger partial charge in [0.2, 0.25) is 0 Å². The molecule has 0 aliphatic rings. The topological polar surface area (TPSA) is 30.7 Å². The van der Waals surface area contributed by atoms with E-state index in [1.807, 2.05) is 0 Å². The maximum atomic E-state index is 12.5. The van der Waals surface area contributed by atoms with E-state index in [4.69, 9.17) is 23.2 Å². The van der Waals surface area contributed by atoms with Crippen molar-refractivity contribution in [1.82, 2.24) is 14.5 Å². The highest BCUT2D eigenvalue weighted by molar-refractivity contribution is 6.31. The third-order valence-electron chi connectivity index (χ3n) is 2.29. The van der Waals surface area contributed by atoms with Gasteiger partial charge in [0.05, 0.1) is 5.02 Å². The number of hydrogen-bond acceptors (Lipinski definition) is 2. The lowest BCUT2D eigenvalue weighted by atomic mass is 10.4. The third-order valence-corrected chi connectivity index (χ3v) is 2.68. The lowest BCUT2D eigenvalue weighted by Crippen LogP contribution is -2.20. The van der Waals surface area contributed by atoms with E-state index in [-0.39, 0.29) is 23.8 Å². The van der Waals surface area contributed by atoms with Gasteiger partial charge in [-0.1, -0.05) is 11.6 Å². The molecule has 0 radical (unpaired) electrons. The number of aromatic nitrogens is 3. The molecule has 0 amide bonds. The number of halogens is 5. The molecule has 0 fully saturated rings. The molecular formula is C10H8Cl2F3N3. The molecule has 2 aromatic heterocycles. The Morgan fingerprint density at radius 2 is 2.06 bits per heavy atom. The van der Waals surface area contributed by atoms with Gasteiger partial charge in [-0.05, 0) is 6.07 Å². The third kappa shape index (κ3) is 2.87. The summed E-state index contributed by atoms with van der Waals surface area (Å²) in [5.74, 6) is 0.446. The van der Waals surface area contributed by atoms with Crippen molar-refractivity contribution in [3.8, 4) is 0 Å². The molecule has 0 spiro atoms. The van der Waals surface area contributed by atoms with Gasteiger partial charge in [-0.2, -0.15) is 13.2 Å². The molecule has 0 aliphatic carbocycles. The zero-order valence-electron chi connectivity index (χ0n) is 9.01. The van der Waals surface area contributed by atoms with Crippen molar-refractivity contribution < 1.29 is 13.2 Å². The minimum atomic E-state index is -4.34. The van der Waals surface area contributed by atoms with Crippen LogP contribution in [0.5, 0.6) is 0 Å². The van der Waals surface area contributed by atoms with Crippen molar-refractivity contribution >= 4 is 34.4 Å². The normalized spacial score (nSPS) is 12.3. The quantitative estimate of drug-likeness (QED) is 0.813. The molecular weight excluding hydrogens is 290 g/mol. The Balaban J connectivity index is 2.55. The van der Waals surface area contributed by atoms with E-state index in [1.54, 1.807) is 0 Å². The molecule has 2 heterocycles. The molecule has 8 heteroatoms. The van der Waals surface area contributed by atoms with E-state index in [0.29, 0.717) is 10.5 Å². The van der Waals surface area contributed by atoms with Crippen molar-refractivity contribution in [2.45, 2.75) is 19.1 Å². The number of pyridine rings is 1. The number of fused-ring (bicyclic) bond motifs is 1. The van der Waals surface area contributed by atoms with Gasteiger partial charge in [-0.15, -0.1) is 11.6 Å². The van der Waals surface area contributed by atoms with Crippen molar-refractivity contribution in [3.05, 3.63) is 23.1 Å². The first-order chi connectivity index (χ1) is 8.40. The number of nitrogens with zero attached hydrogens (tertiary/aromatic N) is 3. The van der Waals surface area contributed by atoms with Crippen molar-refractivity contribution in [1.29, 1.82) is 0 Å². The summed E-state index contributed by atoms with van der Waals surface area (Å²) < 4.78 is 38.6. The average Bonchev–Trinajstić information content (AvgIpc) is 2.54. The number of aryl methyl sites for hydroxylation is 1. The van der Waals surface area contributed by atoms with Crippen molar-refractivity contribution in [3.63, 3.8) is 0 Å². The van der Waals surface area contributed by atoms with Gasteiger partial charge >= 0.3 is 6.18 Å². The highest BCUT2D eigenvalue weighted by atomic mass is 35.5. The Bertz CT molecular complexity index is 565. The fraction of sp³-hybridized carbons (Fsp3) is 0.400. The average molecular weight is 298 g/mol. The highest BCUT2D eigenvalue weighted by Crippen LogP contribution is 2.24. The first-order valence-electron chi connectivity index (χ1n) is 5.04. The zero-order valence-corrected chi connectivity index (χ0v) is 10.5. The van der Waals surface area contributed by atoms with Crippen molar-refractivity contribution in [2.24, 2.45) is 0 Å². The largest absolute Gasteiger partial charge is 0.406 e. The van der Waals surface area contributed by atoms with Crippen LogP contribution in [0.3, 0.4) is 0 Å². The van der Waals surface area contributed by atoms with Crippen molar-refractivity contribution in [2.75, 3.05) is 5.88 Å². The zero-order chi connectivity index (χ0) is 13.3. The molecule has 0 bridgehead atoms. The molecule has 0 unspecified atom stereocenters. The van der Waals surface area contributed by atoms with Crippen LogP contribution in [0.25, 0.3) is 11.2 Å². The first-order valence-corrected chi connectivity index (χ1v) is 5.95. The molecule has 0 N–H and O–H groups in total. The van der Waals surface area contributed by atoms with Gasteiger partial charge in [0.1, 0.15) is 17.9 Å². The SMILES string of the molecule is FC(F)(F)Cn1c(CCCl)nc2cc(Cl)cnc21. The molecule has 98 valence electrons. The van der Waals surface area contributed by atoms with Crippen LogP contribution in [0.15, 0.2) is 12.3 Å².